The molecule has 1 N–H and O–H groups in total. The molecule has 0 aromatic heterocycles. The number of rotatable bonds is 8. The molecule has 0 aliphatic rings. The fourth-order valence-electron chi connectivity index (χ4n) is 2.76. The first-order chi connectivity index (χ1) is 12.4. The highest BCUT2D eigenvalue weighted by Crippen LogP contribution is 2.29. The number of nitrogens with zero attached hydrogens (tertiary/aromatic N) is 1. The van der Waals surface area contributed by atoms with Gasteiger partial charge in [0.05, 0.1) is 26.8 Å². The second-order valence-electron chi connectivity index (χ2n) is 6.16. The Labute approximate surface area is 163 Å². The number of hydrogen-bond donors (Lipinski definition) is 1. The topological polar surface area (TPSA) is 50.8 Å². The van der Waals surface area contributed by atoms with Crippen molar-refractivity contribution in [3.05, 3.63) is 58.1 Å². The number of halogens is 1. The van der Waals surface area contributed by atoms with Crippen molar-refractivity contribution in [3.8, 4) is 11.5 Å². The maximum atomic E-state index is 12.4. The summed E-state index contributed by atoms with van der Waals surface area (Å²) >= 11 is 3.54. The number of nitrogens with one attached hydrogen (secondary N) is 1. The van der Waals surface area contributed by atoms with Crippen molar-refractivity contribution in [2.45, 2.75) is 19.5 Å². The van der Waals surface area contributed by atoms with E-state index in [9.17, 15) is 4.79 Å². The van der Waals surface area contributed by atoms with Crippen LogP contribution in [-0.4, -0.2) is 38.6 Å². The van der Waals surface area contributed by atoms with E-state index in [1.807, 2.05) is 61.3 Å². The van der Waals surface area contributed by atoms with Crippen LogP contribution in [0.1, 0.15) is 24.1 Å². The van der Waals surface area contributed by atoms with Gasteiger partial charge in [0.25, 0.3) is 0 Å². The van der Waals surface area contributed by atoms with Crippen LogP contribution in [0.5, 0.6) is 11.5 Å². The molecule has 0 heterocycles. The van der Waals surface area contributed by atoms with Gasteiger partial charge in [0, 0.05) is 16.6 Å². The highest BCUT2D eigenvalue weighted by atomic mass is 79.9. The number of carbonyl (C=O) groups excluding carboxylic acids is 1. The molecule has 0 spiro atoms. The first kappa shape index (κ1) is 20.3. The Kier molecular flexibility index (Phi) is 7.48. The third-order valence-corrected chi connectivity index (χ3v) is 4.87. The van der Waals surface area contributed by atoms with Gasteiger partial charge in [0.2, 0.25) is 5.91 Å². The van der Waals surface area contributed by atoms with Crippen LogP contribution in [0.4, 0.5) is 0 Å². The van der Waals surface area contributed by atoms with Crippen LogP contribution in [0.25, 0.3) is 0 Å². The molecule has 0 bridgehead atoms. The molecule has 0 saturated carbocycles. The smallest absolute Gasteiger partial charge is 0.234 e. The zero-order chi connectivity index (χ0) is 19.1. The average molecular weight is 421 g/mol. The minimum Gasteiger partial charge on any atom is -0.497 e. The largest absolute Gasteiger partial charge is 0.497 e. The van der Waals surface area contributed by atoms with E-state index in [0.717, 1.165) is 27.1 Å². The molecule has 0 saturated heterocycles. The fourth-order valence-corrected chi connectivity index (χ4v) is 3.17. The van der Waals surface area contributed by atoms with Gasteiger partial charge in [-0.15, -0.1) is 0 Å². The second kappa shape index (κ2) is 9.59. The number of likely N-dealkylation sites (N-methyl/N-ethyl adjacent to an activating group) is 1. The van der Waals surface area contributed by atoms with E-state index in [1.54, 1.807) is 14.2 Å². The molecule has 1 amide bonds. The van der Waals surface area contributed by atoms with E-state index >= 15 is 0 Å². The van der Waals surface area contributed by atoms with Gasteiger partial charge in [-0.25, -0.2) is 0 Å². The van der Waals surface area contributed by atoms with E-state index in [1.165, 1.54) is 0 Å². The second-order valence-corrected chi connectivity index (χ2v) is 7.02. The SMILES string of the molecule is COc1ccc(OC)c(C(C)NC(=O)CN(C)Cc2ccccc2Br)c1. The van der Waals surface area contributed by atoms with Gasteiger partial charge in [-0.3, -0.25) is 9.69 Å². The molecule has 0 aliphatic heterocycles. The third-order valence-electron chi connectivity index (χ3n) is 4.09. The van der Waals surface area contributed by atoms with Crippen molar-refractivity contribution < 1.29 is 14.3 Å². The highest BCUT2D eigenvalue weighted by Gasteiger charge is 2.16. The maximum absolute atomic E-state index is 12.4. The summed E-state index contributed by atoms with van der Waals surface area (Å²) in [4.78, 5) is 14.4. The monoisotopic (exact) mass is 420 g/mol. The lowest BCUT2D eigenvalue weighted by atomic mass is 10.1. The van der Waals surface area contributed by atoms with Gasteiger partial charge < -0.3 is 14.8 Å². The summed E-state index contributed by atoms with van der Waals surface area (Å²) < 4.78 is 11.7. The summed E-state index contributed by atoms with van der Waals surface area (Å²) in [6.07, 6.45) is 0. The van der Waals surface area contributed by atoms with Crippen molar-refractivity contribution in [1.82, 2.24) is 10.2 Å². The minimum atomic E-state index is -0.190. The lowest BCUT2D eigenvalue weighted by Gasteiger charge is -2.21. The molecule has 0 radical (unpaired) electrons. The first-order valence-electron chi connectivity index (χ1n) is 8.37. The summed E-state index contributed by atoms with van der Waals surface area (Å²) in [5.74, 6) is 1.41. The molecule has 6 heteroatoms. The van der Waals surface area contributed by atoms with Crippen LogP contribution in [0.15, 0.2) is 46.9 Å². The average Bonchev–Trinajstić information content (AvgIpc) is 2.62. The van der Waals surface area contributed by atoms with Gasteiger partial charge in [0.15, 0.2) is 0 Å². The van der Waals surface area contributed by atoms with E-state index in [0.29, 0.717) is 13.1 Å². The van der Waals surface area contributed by atoms with Crippen LogP contribution in [0.2, 0.25) is 0 Å². The molecule has 1 unspecified atom stereocenters. The molecule has 1 atom stereocenters. The standard InChI is InChI=1S/C20H25BrN2O3/c1-14(17-11-16(25-3)9-10-19(17)26-4)22-20(24)13-23(2)12-15-7-5-6-8-18(15)21/h5-11,14H,12-13H2,1-4H3,(H,22,24). The first-order valence-corrected chi connectivity index (χ1v) is 9.17. The number of amides is 1. The number of hydrogen-bond acceptors (Lipinski definition) is 4. The summed E-state index contributed by atoms with van der Waals surface area (Å²) in [6.45, 7) is 2.92. The molecule has 0 fully saturated rings. The Morgan fingerprint density at radius 1 is 1.19 bits per heavy atom. The molecule has 5 nitrogen and oxygen atoms in total. The Hall–Kier alpha value is -2.05. The van der Waals surface area contributed by atoms with Gasteiger partial charge >= 0.3 is 0 Å². The Morgan fingerprint density at radius 3 is 2.58 bits per heavy atom. The Bertz CT molecular complexity index is 752. The zero-order valence-corrected chi connectivity index (χ0v) is 17.2. The van der Waals surface area contributed by atoms with Crippen molar-refractivity contribution in [3.63, 3.8) is 0 Å². The predicted molar refractivity (Wildman–Crippen MR) is 107 cm³/mol. The third kappa shape index (κ3) is 5.47. The van der Waals surface area contributed by atoms with Crippen LogP contribution < -0.4 is 14.8 Å². The summed E-state index contributed by atoms with van der Waals surface area (Å²) in [6, 6.07) is 13.4. The number of benzene rings is 2. The predicted octanol–water partition coefficient (Wildman–Crippen LogP) is 3.78. The van der Waals surface area contributed by atoms with Crippen molar-refractivity contribution in [2.75, 3.05) is 27.8 Å². The van der Waals surface area contributed by atoms with Crippen LogP contribution >= 0.6 is 15.9 Å². The molecule has 26 heavy (non-hydrogen) atoms. The van der Waals surface area contributed by atoms with Crippen molar-refractivity contribution in [1.29, 1.82) is 0 Å². The molecule has 2 aromatic carbocycles. The quantitative estimate of drug-likeness (QED) is 0.705. The summed E-state index contributed by atoms with van der Waals surface area (Å²) in [7, 11) is 5.16. The number of ether oxygens (including phenoxy) is 2. The lowest BCUT2D eigenvalue weighted by Crippen LogP contribution is -2.36. The fraction of sp³-hybridized carbons (Fsp3) is 0.350. The van der Waals surface area contributed by atoms with E-state index in [4.69, 9.17) is 9.47 Å². The van der Waals surface area contributed by atoms with Gasteiger partial charge in [-0.05, 0) is 43.8 Å². The zero-order valence-electron chi connectivity index (χ0n) is 15.6. The molecule has 2 rings (SSSR count). The number of carbonyl (C=O) groups is 1. The van der Waals surface area contributed by atoms with Crippen molar-refractivity contribution in [2.24, 2.45) is 0 Å². The molecule has 140 valence electrons. The normalized spacial score (nSPS) is 11.9. The summed E-state index contributed by atoms with van der Waals surface area (Å²) in [5, 5.41) is 3.03. The highest BCUT2D eigenvalue weighted by molar-refractivity contribution is 9.10. The van der Waals surface area contributed by atoms with Crippen LogP contribution in [0.3, 0.4) is 0 Å². The van der Waals surface area contributed by atoms with E-state index in [2.05, 4.69) is 21.2 Å². The van der Waals surface area contributed by atoms with Crippen LogP contribution in [0, 0.1) is 0 Å². The Balaban J connectivity index is 1.97. The van der Waals surface area contributed by atoms with Gasteiger partial charge in [-0.1, -0.05) is 34.1 Å². The lowest BCUT2D eigenvalue weighted by molar-refractivity contribution is -0.122. The minimum absolute atomic E-state index is 0.0445. The van der Waals surface area contributed by atoms with Crippen molar-refractivity contribution >= 4 is 21.8 Å². The van der Waals surface area contributed by atoms with Crippen LogP contribution in [-0.2, 0) is 11.3 Å². The number of methoxy groups -OCH3 is 2. The summed E-state index contributed by atoms with van der Waals surface area (Å²) in [5.41, 5.74) is 2.03. The van der Waals surface area contributed by atoms with Gasteiger partial charge in [0.1, 0.15) is 11.5 Å². The molecular weight excluding hydrogens is 396 g/mol. The maximum Gasteiger partial charge on any atom is 0.234 e. The van der Waals surface area contributed by atoms with Gasteiger partial charge in [-0.2, -0.15) is 0 Å². The van der Waals surface area contributed by atoms with E-state index in [-0.39, 0.29) is 11.9 Å². The molecular formula is C20H25BrN2O3. The molecule has 0 aliphatic carbocycles. The molecule has 2 aromatic rings. The van der Waals surface area contributed by atoms with E-state index < -0.39 is 0 Å². The Morgan fingerprint density at radius 2 is 1.92 bits per heavy atom.